The number of aliphatic imine (C=N–C) groups is 1. The minimum Gasteiger partial charge on any atom is -0.379 e. The van der Waals surface area contributed by atoms with E-state index in [1.807, 2.05) is 18.4 Å². The van der Waals surface area contributed by atoms with Crippen molar-refractivity contribution in [2.45, 2.75) is 25.9 Å². The highest BCUT2D eigenvalue weighted by molar-refractivity contribution is 14.0. The van der Waals surface area contributed by atoms with Crippen LogP contribution in [0.15, 0.2) is 22.5 Å². The molecule has 0 radical (unpaired) electrons. The fourth-order valence-corrected chi connectivity index (χ4v) is 4.95. The molecule has 1 aromatic heterocycles. The third-order valence-electron chi connectivity index (χ3n) is 6.09. The Hall–Kier alpha value is -0.460. The lowest BCUT2D eigenvalue weighted by Gasteiger charge is -2.38. The first-order valence-corrected chi connectivity index (χ1v) is 11.8. The molecule has 9 heteroatoms. The van der Waals surface area contributed by atoms with E-state index in [1.54, 1.807) is 0 Å². The number of halogens is 1. The van der Waals surface area contributed by atoms with E-state index >= 15 is 0 Å². The van der Waals surface area contributed by atoms with Crippen LogP contribution in [-0.4, -0.2) is 106 Å². The number of guanidine groups is 1. The van der Waals surface area contributed by atoms with Crippen LogP contribution >= 0.6 is 35.3 Å². The van der Waals surface area contributed by atoms with Gasteiger partial charge in [0.25, 0.3) is 0 Å². The molecule has 2 saturated heterocycles. The van der Waals surface area contributed by atoms with Gasteiger partial charge in [-0.2, -0.15) is 0 Å². The Balaban J connectivity index is 0.00000320. The highest BCUT2D eigenvalue weighted by Gasteiger charge is 2.24. The van der Waals surface area contributed by atoms with Gasteiger partial charge in [-0.25, -0.2) is 0 Å². The zero-order valence-corrected chi connectivity index (χ0v) is 21.8. The average molecular weight is 551 g/mol. The van der Waals surface area contributed by atoms with Crippen LogP contribution in [0.25, 0.3) is 0 Å². The molecule has 1 aromatic rings. The lowest BCUT2D eigenvalue weighted by molar-refractivity contribution is 0.0177. The van der Waals surface area contributed by atoms with Crippen molar-refractivity contribution in [2.75, 3.05) is 79.2 Å². The van der Waals surface area contributed by atoms with E-state index in [1.165, 1.54) is 18.0 Å². The molecule has 2 N–H and O–H groups in total. The SMILES string of the molecule is CCN1CCN(C(C)CNC(=NC)NCC(c2cccs2)N2CCOCC2)CC1.I. The molecule has 0 amide bonds. The number of rotatable bonds is 8. The number of nitrogens with zero attached hydrogens (tertiary/aromatic N) is 4. The Labute approximate surface area is 203 Å². The summed E-state index contributed by atoms with van der Waals surface area (Å²) >= 11 is 1.83. The van der Waals surface area contributed by atoms with Crippen LogP contribution in [0.5, 0.6) is 0 Å². The summed E-state index contributed by atoms with van der Waals surface area (Å²) < 4.78 is 5.55. The third kappa shape index (κ3) is 7.59. The fraction of sp³-hybridized carbons (Fsp3) is 0.762. The molecular weight excluding hydrogens is 511 g/mol. The molecule has 0 bridgehead atoms. The molecule has 0 aliphatic carbocycles. The number of thiophene rings is 1. The van der Waals surface area contributed by atoms with Crippen LogP contribution in [0.3, 0.4) is 0 Å². The summed E-state index contributed by atoms with van der Waals surface area (Å²) in [5.41, 5.74) is 0. The number of hydrogen-bond donors (Lipinski definition) is 2. The number of hydrogen-bond acceptors (Lipinski definition) is 6. The number of nitrogens with one attached hydrogen (secondary N) is 2. The van der Waals surface area contributed by atoms with Gasteiger partial charge in [-0.1, -0.05) is 13.0 Å². The first-order chi connectivity index (χ1) is 14.2. The van der Waals surface area contributed by atoms with Crippen LogP contribution in [0, 0.1) is 0 Å². The first-order valence-electron chi connectivity index (χ1n) is 11.0. The Morgan fingerprint density at radius 1 is 1.10 bits per heavy atom. The summed E-state index contributed by atoms with van der Waals surface area (Å²) in [5.74, 6) is 0.888. The fourth-order valence-electron chi connectivity index (χ4n) is 4.09. The maximum atomic E-state index is 5.55. The van der Waals surface area contributed by atoms with E-state index in [-0.39, 0.29) is 24.0 Å². The number of likely N-dealkylation sites (N-methyl/N-ethyl adjacent to an activating group) is 1. The van der Waals surface area contributed by atoms with E-state index in [0.29, 0.717) is 12.1 Å². The van der Waals surface area contributed by atoms with E-state index < -0.39 is 0 Å². The summed E-state index contributed by atoms with van der Waals surface area (Å²) in [7, 11) is 1.86. The summed E-state index contributed by atoms with van der Waals surface area (Å²) in [6, 6.07) is 5.23. The van der Waals surface area contributed by atoms with Crippen LogP contribution in [0.2, 0.25) is 0 Å². The van der Waals surface area contributed by atoms with E-state index in [9.17, 15) is 0 Å². The molecule has 3 heterocycles. The van der Waals surface area contributed by atoms with Gasteiger partial charge in [0, 0.05) is 70.3 Å². The third-order valence-corrected chi connectivity index (χ3v) is 7.06. The quantitative estimate of drug-likeness (QED) is 0.293. The normalized spacial score (nSPS) is 21.6. The molecule has 0 aromatic carbocycles. The van der Waals surface area contributed by atoms with Crippen LogP contribution in [-0.2, 0) is 4.74 Å². The van der Waals surface area contributed by atoms with Gasteiger partial charge in [0.15, 0.2) is 5.96 Å². The van der Waals surface area contributed by atoms with Crippen molar-refractivity contribution >= 4 is 41.3 Å². The van der Waals surface area contributed by atoms with Gasteiger partial charge < -0.3 is 20.3 Å². The average Bonchev–Trinajstić information content (AvgIpc) is 3.31. The standard InChI is InChI=1S/C21H38N6OS.HI/c1-4-25-7-9-26(10-8-25)18(2)16-23-21(22-3)24-17-19(20-6-5-15-29-20)27-11-13-28-14-12-27;/h5-6,15,18-19H,4,7-14,16-17H2,1-3H3,(H2,22,23,24);1H. The lowest BCUT2D eigenvalue weighted by Crippen LogP contribution is -2.53. The summed E-state index contributed by atoms with van der Waals surface area (Å²) in [6.07, 6.45) is 0. The van der Waals surface area contributed by atoms with Crippen molar-refractivity contribution in [3.05, 3.63) is 22.4 Å². The van der Waals surface area contributed by atoms with Gasteiger partial charge in [-0.3, -0.25) is 14.8 Å². The molecule has 2 atom stereocenters. The van der Waals surface area contributed by atoms with Crippen LogP contribution < -0.4 is 10.6 Å². The zero-order chi connectivity index (χ0) is 20.5. The van der Waals surface area contributed by atoms with Crippen molar-refractivity contribution < 1.29 is 4.74 Å². The first kappa shape index (κ1) is 25.8. The second-order valence-electron chi connectivity index (χ2n) is 7.83. The Morgan fingerprint density at radius 3 is 2.40 bits per heavy atom. The summed E-state index contributed by atoms with van der Waals surface area (Å²) in [4.78, 5) is 13.5. The van der Waals surface area contributed by atoms with Crippen molar-refractivity contribution in [1.29, 1.82) is 0 Å². The van der Waals surface area contributed by atoms with Gasteiger partial charge in [-0.05, 0) is 24.9 Å². The second-order valence-corrected chi connectivity index (χ2v) is 8.81. The van der Waals surface area contributed by atoms with Gasteiger partial charge in [0.2, 0.25) is 0 Å². The Kier molecular flexibility index (Phi) is 11.9. The summed E-state index contributed by atoms with van der Waals surface area (Å²) in [6.45, 7) is 15.7. The zero-order valence-electron chi connectivity index (χ0n) is 18.7. The van der Waals surface area contributed by atoms with Crippen molar-refractivity contribution in [3.63, 3.8) is 0 Å². The van der Waals surface area contributed by atoms with Crippen molar-refractivity contribution in [1.82, 2.24) is 25.3 Å². The van der Waals surface area contributed by atoms with Crippen molar-refractivity contribution in [2.24, 2.45) is 4.99 Å². The molecule has 2 aliphatic rings. The van der Waals surface area contributed by atoms with E-state index in [0.717, 1.165) is 65.0 Å². The maximum absolute atomic E-state index is 5.55. The van der Waals surface area contributed by atoms with Crippen LogP contribution in [0.4, 0.5) is 0 Å². The molecule has 3 rings (SSSR count). The van der Waals surface area contributed by atoms with Crippen molar-refractivity contribution in [3.8, 4) is 0 Å². The monoisotopic (exact) mass is 550 g/mol. The Morgan fingerprint density at radius 2 is 1.80 bits per heavy atom. The van der Waals surface area contributed by atoms with Gasteiger partial charge in [0.05, 0.1) is 19.3 Å². The predicted molar refractivity (Wildman–Crippen MR) is 137 cm³/mol. The molecule has 2 fully saturated rings. The van der Waals surface area contributed by atoms with Gasteiger partial charge in [0.1, 0.15) is 0 Å². The minimum absolute atomic E-state index is 0. The van der Waals surface area contributed by atoms with Crippen LogP contribution in [0.1, 0.15) is 24.8 Å². The molecule has 172 valence electrons. The lowest BCUT2D eigenvalue weighted by atomic mass is 10.2. The minimum atomic E-state index is 0. The largest absolute Gasteiger partial charge is 0.379 e. The maximum Gasteiger partial charge on any atom is 0.191 e. The number of ether oxygens (including phenoxy) is 1. The topological polar surface area (TPSA) is 55.4 Å². The smallest absolute Gasteiger partial charge is 0.191 e. The Bertz CT molecular complexity index is 603. The molecule has 30 heavy (non-hydrogen) atoms. The number of piperazine rings is 1. The second kappa shape index (κ2) is 13.8. The molecule has 7 nitrogen and oxygen atoms in total. The molecular formula is C21H39IN6OS. The van der Waals surface area contributed by atoms with E-state index in [2.05, 4.69) is 61.7 Å². The van der Waals surface area contributed by atoms with E-state index in [4.69, 9.17) is 4.74 Å². The predicted octanol–water partition coefficient (Wildman–Crippen LogP) is 1.93. The molecule has 0 spiro atoms. The highest BCUT2D eigenvalue weighted by Crippen LogP contribution is 2.25. The highest BCUT2D eigenvalue weighted by atomic mass is 127. The van der Waals surface area contributed by atoms with Gasteiger partial charge >= 0.3 is 0 Å². The summed E-state index contributed by atoms with van der Waals surface area (Å²) in [5, 5.41) is 9.27. The number of morpholine rings is 1. The molecule has 0 saturated carbocycles. The molecule has 2 unspecified atom stereocenters. The molecule has 2 aliphatic heterocycles. The van der Waals surface area contributed by atoms with Gasteiger partial charge in [-0.15, -0.1) is 35.3 Å².